The van der Waals surface area contributed by atoms with Gasteiger partial charge in [0.1, 0.15) is 4.88 Å². The number of anilines is 1. The van der Waals surface area contributed by atoms with E-state index in [0.717, 1.165) is 10.1 Å². The Kier molecular flexibility index (Phi) is 2.83. The molecule has 1 aliphatic heterocycles. The third-order valence-corrected chi connectivity index (χ3v) is 4.20. The standard InChI is InChI=1S/C12H12N4O2S/c13-10-7-1-2-14-5-8(7)19-11(10)12(18)16-4-3-15-9(17)6-16/h1-2,5H,3-4,6,13H2,(H,15,17). The summed E-state index contributed by atoms with van der Waals surface area (Å²) in [5.74, 6) is -0.325. The molecule has 0 aliphatic carbocycles. The van der Waals surface area contributed by atoms with Crippen LogP contribution in [0.2, 0.25) is 0 Å². The van der Waals surface area contributed by atoms with Crippen LogP contribution in [0.4, 0.5) is 5.69 Å². The summed E-state index contributed by atoms with van der Waals surface area (Å²) in [7, 11) is 0. The van der Waals surface area contributed by atoms with Gasteiger partial charge in [0.05, 0.1) is 16.9 Å². The fourth-order valence-electron chi connectivity index (χ4n) is 2.09. The van der Waals surface area contributed by atoms with E-state index in [0.29, 0.717) is 23.7 Å². The molecule has 3 N–H and O–H groups in total. The van der Waals surface area contributed by atoms with Crippen molar-refractivity contribution in [2.45, 2.75) is 0 Å². The van der Waals surface area contributed by atoms with Crippen LogP contribution in [0, 0.1) is 0 Å². The molecule has 6 nitrogen and oxygen atoms in total. The lowest BCUT2D eigenvalue weighted by Crippen LogP contribution is -2.49. The summed E-state index contributed by atoms with van der Waals surface area (Å²) in [4.78, 5) is 29.7. The molecular weight excluding hydrogens is 264 g/mol. The van der Waals surface area contributed by atoms with Crippen molar-refractivity contribution in [1.82, 2.24) is 15.2 Å². The average Bonchev–Trinajstić information content (AvgIpc) is 2.76. The summed E-state index contributed by atoms with van der Waals surface area (Å²) < 4.78 is 0.879. The van der Waals surface area contributed by atoms with Gasteiger partial charge in [-0.05, 0) is 6.07 Å². The van der Waals surface area contributed by atoms with Gasteiger partial charge in [-0.3, -0.25) is 14.6 Å². The molecule has 0 radical (unpaired) electrons. The second kappa shape index (κ2) is 4.51. The Hall–Kier alpha value is -2.15. The zero-order valence-electron chi connectivity index (χ0n) is 10.0. The highest BCUT2D eigenvalue weighted by atomic mass is 32.1. The van der Waals surface area contributed by atoms with Gasteiger partial charge in [0.2, 0.25) is 5.91 Å². The first-order chi connectivity index (χ1) is 9.16. The van der Waals surface area contributed by atoms with Crippen molar-refractivity contribution in [3.8, 4) is 0 Å². The minimum Gasteiger partial charge on any atom is -0.397 e. The predicted molar refractivity (Wildman–Crippen MR) is 72.9 cm³/mol. The number of pyridine rings is 1. The van der Waals surface area contributed by atoms with Crippen molar-refractivity contribution >= 4 is 38.9 Å². The van der Waals surface area contributed by atoms with Crippen LogP contribution < -0.4 is 11.1 Å². The number of nitrogens with one attached hydrogen (secondary N) is 1. The van der Waals surface area contributed by atoms with Crippen LogP contribution in [-0.2, 0) is 4.79 Å². The summed E-state index contributed by atoms with van der Waals surface area (Å²) in [5.41, 5.74) is 6.49. The van der Waals surface area contributed by atoms with Gasteiger partial charge < -0.3 is 16.0 Å². The quantitative estimate of drug-likeness (QED) is 0.791. The summed E-state index contributed by atoms with van der Waals surface area (Å²) in [5, 5.41) is 3.53. The van der Waals surface area contributed by atoms with Crippen LogP contribution in [0.15, 0.2) is 18.5 Å². The molecule has 0 saturated carbocycles. The average molecular weight is 276 g/mol. The van der Waals surface area contributed by atoms with Crippen LogP contribution in [0.1, 0.15) is 9.67 Å². The van der Waals surface area contributed by atoms with Crippen molar-refractivity contribution in [1.29, 1.82) is 0 Å². The molecule has 1 saturated heterocycles. The third-order valence-electron chi connectivity index (χ3n) is 3.05. The smallest absolute Gasteiger partial charge is 0.266 e. The highest BCUT2D eigenvalue weighted by molar-refractivity contribution is 7.21. The monoisotopic (exact) mass is 276 g/mol. The minimum atomic E-state index is -0.187. The number of rotatable bonds is 1. The molecule has 0 bridgehead atoms. The molecule has 0 spiro atoms. The zero-order valence-corrected chi connectivity index (χ0v) is 10.9. The zero-order chi connectivity index (χ0) is 13.4. The number of piperazine rings is 1. The summed E-state index contributed by atoms with van der Waals surface area (Å²) in [6, 6.07) is 1.79. The van der Waals surface area contributed by atoms with E-state index in [1.165, 1.54) is 16.2 Å². The first kappa shape index (κ1) is 11.9. The van der Waals surface area contributed by atoms with Gasteiger partial charge in [0.15, 0.2) is 0 Å². The van der Waals surface area contributed by atoms with E-state index in [1.807, 2.05) is 0 Å². The lowest BCUT2D eigenvalue weighted by Gasteiger charge is -2.26. The Labute approximate surface area is 113 Å². The molecule has 2 aromatic heterocycles. The molecule has 0 atom stereocenters. The van der Waals surface area contributed by atoms with Gasteiger partial charge in [-0.1, -0.05) is 0 Å². The van der Waals surface area contributed by atoms with E-state index < -0.39 is 0 Å². The maximum atomic E-state index is 12.4. The van der Waals surface area contributed by atoms with Gasteiger partial charge in [-0.2, -0.15) is 0 Å². The second-order valence-corrected chi connectivity index (χ2v) is 5.35. The number of hydrogen-bond donors (Lipinski definition) is 2. The van der Waals surface area contributed by atoms with E-state index in [2.05, 4.69) is 10.3 Å². The lowest BCUT2D eigenvalue weighted by molar-refractivity contribution is -0.123. The number of fused-ring (bicyclic) bond motifs is 1. The van der Waals surface area contributed by atoms with E-state index in [9.17, 15) is 9.59 Å². The number of carbonyl (C=O) groups excluding carboxylic acids is 2. The van der Waals surface area contributed by atoms with E-state index in [4.69, 9.17) is 5.73 Å². The summed E-state index contributed by atoms with van der Waals surface area (Å²) >= 11 is 1.32. The van der Waals surface area contributed by atoms with Crippen molar-refractivity contribution in [3.63, 3.8) is 0 Å². The molecule has 19 heavy (non-hydrogen) atoms. The first-order valence-electron chi connectivity index (χ1n) is 5.85. The van der Waals surface area contributed by atoms with Crippen molar-refractivity contribution in [2.24, 2.45) is 0 Å². The van der Waals surface area contributed by atoms with E-state index in [1.54, 1.807) is 18.5 Å². The minimum absolute atomic E-state index is 0.0881. The molecule has 3 rings (SSSR count). The van der Waals surface area contributed by atoms with Crippen molar-refractivity contribution in [2.75, 3.05) is 25.4 Å². The lowest BCUT2D eigenvalue weighted by atomic mass is 10.2. The largest absolute Gasteiger partial charge is 0.397 e. The van der Waals surface area contributed by atoms with Crippen LogP contribution >= 0.6 is 11.3 Å². The molecule has 98 valence electrons. The van der Waals surface area contributed by atoms with Crippen LogP contribution in [0.25, 0.3) is 10.1 Å². The van der Waals surface area contributed by atoms with Gasteiger partial charge in [-0.25, -0.2) is 0 Å². The molecular formula is C12H12N4O2S. The van der Waals surface area contributed by atoms with Gasteiger partial charge in [0.25, 0.3) is 5.91 Å². The van der Waals surface area contributed by atoms with Crippen LogP contribution in [0.5, 0.6) is 0 Å². The fourth-order valence-corrected chi connectivity index (χ4v) is 3.14. The SMILES string of the molecule is Nc1c(C(=O)N2CCNC(=O)C2)sc2cnccc12. The van der Waals surface area contributed by atoms with Crippen molar-refractivity contribution < 1.29 is 9.59 Å². The number of nitrogens with zero attached hydrogens (tertiary/aromatic N) is 2. The third kappa shape index (κ3) is 2.01. The Morgan fingerprint density at radius 3 is 3.11 bits per heavy atom. The first-order valence-corrected chi connectivity index (χ1v) is 6.66. The van der Waals surface area contributed by atoms with Crippen molar-refractivity contribution in [3.05, 3.63) is 23.3 Å². The number of thiophene rings is 1. The number of nitrogen functional groups attached to an aromatic ring is 1. The number of amides is 2. The van der Waals surface area contributed by atoms with E-state index in [-0.39, 0.29) is 18.4 Å². The summed E-state index contributed by atoms with van der Waals surface area (Å²) in [6.45, 7) is 1.08. The molecule has 1 fully saturated rings. The molecule has 0 aromatic carbocycles. The maximum absolute atomic E-state index is 12.4. The predicted octanol–water partition coefficient (Wildman–Crippen LogP) is 0.450. The van der Waals surface area contributed by atoms with Crippen LogP contribution in [-0.4, -0.2) is 41.3 Å². The van der Waals surface area contributed by atoms with Gasteiger partial charge >= 0.3 is 0 Å². The molecule has 2 aromatic rings. The normalized spacial score (nSPS) is 15.6. The number of hydrogen-bond acceptors (Lipinski definition) is 5. The number of aromatic nitrogens is 1. The number of nitrogens with two attached hydrogens (primary N) is 1. The Morgan fingerprint density at radius 1 is 1.53 bits per heavy atom. The highest BCUT2D eigenvalue weighted by Crippen LogP contribution is 2.33. The molecule has 3 heterocycles. The molecule has 2 amide bonds. The Balaban J connectivity index is 1.97. The Bertz CT molecular complexity index is 667. The number of carbonyl (C=O) groups is 2. The molecule has 0 unspecified atom stereocenters. The fraction of sp³-hybridized carbons (Fsp3) is 0.250. The molecule has 7 heteroatoms. The maximum Gasteiger partial charge on any atom is 0.266 e. The molecule has 1 aliphatic rings. The Morgan fingerprint density at radius 2 is 2.37 bits per heavy atom. The van der Waals surface area contributed by atoms with Crippen LogP contribution in [0.3, 0.4) is 0 Å². The van der Waals surface area contributed by atoms with Gasteiger partial charge in [-0.15, -0.1) is 11.3 Å². The van der Waals surface area contributed by atoms with E-state index >= 15 is 0 Å². The topological polar surface area (TPSA) is 88.3 Å². The van der Waals surface area contributed by atoms with Gasteiger partial charge in [0, 0.05) is 30.9 Å². The summed E-state index contributed by atoms with van der Waals surface area (Å²) in [6.07, 6.45) is 3.34. The second-order valence-electron chi connectivity index (χ2n) is 4.29. The highest BCUT2D eigenvalue weighted by Gasteiger charge is 2.25.